The summed E-state index contributed by atoms with van der Waals surface area (Å²) in [4.78, 5) is 12.3. The zero-order valence-corrected chi connectivity index (χ0v) is 6.65. The fraction of sp³-hybridized carbons (Fsp3) is 0.167. The first kappa shape index (κ1) is 10.1. The second-order valence-corrected chi connectivity index (χ2v) is 2.37. The van der Waals surface area contributed by atoms with E-state index in [1.807, 2.05) is 0 Å². The second-order valence-electron chi connectivity index (χ2n) is 2.37. The van der Waals surface area contributed by atoms with Crippen molar-refractivity contribution >= 4 is 11.6 Å². The van der Waals surface area contributed by atoms with Gasteiger partial charge in [-0.05, 0) is 9.91 Å². The van der Waals surface area contributed by atoms with Crippen LogP contribution in [0.25, 0.3) is 0 Å². The quantitative estimate of drug-likeness (QED) is 0.558. The number of aromatic hydroxyl groups is 1. The molecule has 0 radical (unpaired) electrons. The maximum absolute atomic E-state index is 12.2. The molecule has 0 saturated carbocycles. The molecular formula is C6H5F2N3O3. The molecule has 0 aliphatic carbocycles. The molecule has 0 aromatic carbocycles. The van der Waals surface area contributed by atoms with E-state index >= 15 is 0 Å². The lowest BCUT2D eigenvalue weighted by Crippen LogP contribution is -2.00. The van der Waals surface area contributed by atoms with Crippen LogP contribution in [-0.2, 0) is 0 Å². The van der Waals surface area contributed by atoms with Crippen LogP contribution >= 0.6 is 0 Å². The van der Waals surface area contributed by atoms with E-state index in [2.05, 4.69) is 4.98 Å². The molecule has 3 N–H and O–H groups in total. The molecule has 76 valence electrons. The van der Waals surface area contributed by atoms with Crippen molar-refractivity contribution in [3.63, 3.8) is 0 Å². The number of nitrogen functional groups attached to an aromatic ring is 1. The average molecular weight is 205 g/mol. The van der Waals surface area contributed by atoms with Crippen LogP contribution in [0.1, 0.15) is 12.0 Å². The van der Waals surface area contributed by atoms with Crippen LogP contribution in [0.2, 0.25) is 0 Å². The molecule has 0 saturated heterocycles. The van der Waals surface area contributed by atoms with Gasteiger partial charge in [-0.1, -0.05) is 0 Å². The third kappa shape index (κ3) is 1.68. The van der Waals surface area contributed by atoms with Crippen LogP contribution in [0.5, 0.6) is 5.75 Å². The Morgan fingerprint density at radius 1 is 1.64 bits per heavy atom. The number of pyridine rings is 1. The smallest absolute Gasteiger partial charge is 0.408 e. The number of anilines is 1. The van der Waals surface area contributed by atoms with Crippen molar-refractivity contribution in [1.29, 1.82) is 0 Å². The normalized spacial score (nSPS) is 10.5. The summed E-state index contributed by atoms with van der Waals surface area (Å²) in [5, 5.41) is 19.2. The topological polar surface area (TPSA) is 102 Å². The standard InChI is InChI=1S/C6H5F2N3O3/c7-5(8)2-1-3(9)10-6(4(2)12)11(13)14/h1,5,12H,(H2,9,10). The Morgan fingerprint density at radius 2 is 2.21 bits per heavy atom. The minimum absolute atomic E-state index is 0.440. The van der Waals surface area contributed by atoms with Gasteiger partial charge in [-0.25, -0.2) is 8.78 Å². The van der Waals surface area contributed by atoms with Gasteiger partial charge in [0.05, 0.1) is 5.56 Å². The van der Waals surface area contributed by atoms with Crippen LogP contribution < -0.4 is 5.73 Å². The minimum Gasteiger partial charge on any atom is -0.501 e. The summed E-state index contributed by atoms with van der Waals surface area (Å²) in [6.07, 6.45) is -3.04. The highest BCUT2D eigenvalue weighted by molar-refractivity contribution is 5.52. The lowest BCUT2D eigenvalue weighted by Gasteiger charge is -2.02. The number of nitrogens with two attached hydrogens (primary N) is 1. The molecule has 14 heavy (non-hydrogen) atoms. The van der Waals surface area contributed by atoms with Gasteiger partial charge in [-0.15, -0.1) is 0 Å². The number of aromatic nitrogens is 1. The highest BCUT2D eigenvalue weighted by Crippen LogP contribution is 2.35. The fourth-order valence-corrected chi connectivity index (χ4v) is 0.858. The van der Waals surface area contributed by atoms with Crippen molar-refractivity contribution in [3.05, 3.63) is 21.7 Å². The molecule has 1 heterocycles. The molecule has 6 nitrogen and oxygen atoms in total. The molecule has 0 amide bonds. The van der Waals surface area contributed by atoms with Crippen LogP contribution in [-0.4, -0.2) is 15.0 Å². The summed E-state index contributed by atoms with van der Waals surface area (Å²) in [6, 6.07) is 0.688. The first-order valence-electron chi connectivity index (χ1n) is 3.35. The number of alkyl halides is 2. The van der Waals surface area contributed by atoms with E-state index in [1.54, 1.807) is 0 Å². The molecule has 1 rings (SSSR count). The number of halogens is 2. The van der Waals surface area contributed by atoms with Gasteiger partial charge in [0.25, 0.3) is 6.43 Å². The van der Waals surface area contributed by atoms with Crippen LogP contribution in [0, 0.1) is 10.1 Å². The molecule has 1 aromatic heterocycles. The Morgan fingerprint density at radius 3 is 2.64 bits per heavy atom. The van der Waals surface area contributed by atoms with E-state index in [1.165, 1.54) is 0 Å². The minimum atomic E-state index is -3.04. The van der Waals surface area contributed by atoms with Crippen molar-refractivity contribution in [2.45, 2.75) is 6.43 Å². The fourth-order valence-electron chi connectivity index (χ4n) is 0.858. The van der Waals surface area contributed by atoms with E-state index in [9.17, 15) is 18.9 Å². The molecule has 0 atom stereocenters. The summed E-state index contributed by atoms with van der Waals surface area (Å²) in [6.45, 7) is 0. The van der Waals surface area contributed by atoms with Crippen LogP contribution in [0.15, 0.2) is 6.07 Å². The summed E-state index contributed by atoms with van der Waals surface area (Å²) >= 11 is 0. The molecule has 0 bridgehead atoms. The van der Waals surface area contributed by atoms with Crippen molar-refractivity contribution in [2.24, 2.45) is 0 Å². The molecule has 8 heteroatoms. The zero-order valence-electron chi connectivity index (χ0n) is 6.65. The van der Waals surface area contributed by atoms with Gasteiger partial charge >= 0.3 is 5.82 Å². The van der Waals surface area contributed by atoms with E-state index in [0.717, 1.165) is 0 Å². The van der Waals surface area contributed by atoms with Crippen molar-refractivity contribution in [2.75, 3.05) is 5.73 Å². The summed E-state index contributed by atoms with van der Waals surface area (Å²) < 4.78 is 24.4. The summed E-state index contributed by atoms with van der Waals surface area (Å²) in [5.41, 5.74) is 4.14. The predicted octanol–water partition coefficient (Wildman–Crippen LogP) is 1.22. The lowest BCUT2D eigenvalue weighted by atomic mass is 10.2. The number of rotatable bonds is 2. The summed E-state index contributed by atoms with van der Waals surface area (Å²) in [5.74, 6) is -2.66. The number of hydrogen-bond donors (Lipinski definition) is 2. The maximum atomic E-state index is 12.2. The van der Waals surface area contributed by atoms with Gasteiger partial charge in [0, 0.05) is 6.07 Å². The zero-order chi connectivity index (χ0) is 10.9. The SMILES string of the molecule is Nc1cc(C(F)F)c(O)c([N+](=O)[O-])n1. The van der Waals surface area contributed by atoms with Crippen molar-refractivity contribution in [3.8, 4) is 5.75 Å². The highest BCUT2D eigenvalue weighted by Gasteiger charge is 2.25. The van der Waals surface area contributed by atoms with E-state index in [0.29, 0.717) is 6.07 Å². The average Bonchev–Trinajstić information content (AvgIpc) is 2.07. The van der Waals surface area contributed by atoms with E-state index in [4.69, 9.17) is 10.8 Å². The maximum Gasteiger partial charge on any atom is 0.408 e. The Labute approximate surface area is 76.1 Å². The molecule has 0 aliphatic rings. The lowest BCUT2D eigenvalue weighted by molar-refractivity contribution is -0.390. The van der Waals surface area contributed by atoms with Gasteiger partial charge in [0.15, 0.2) is 0 Å². The van der Waals surface area contributed by atoms with Crippen LogP contribution in [0.4, 0.5) is 20.4 Å². The van der Waals surface area contributed by atoms with Crippen molar-refractivity contribution < 1.29 is 18.8 Å². The van der Waals surface area contributed by atoms with E-state index < -0.39 is 34.3 Å². The third-order valence-corrected chi connectivity index (χ3v) is 1.43. The first-order chi connectivity index (χ1) is 6.43. The number of hydrogen-bond acceptors (Lipinski definition) is 5. The van der Waals surface area contributed by atoms with Crippen molar-refractivity contribution in [1.82, 2.24) is 4.98 Å². The molecule has 0 aliphatic heterocycles. The Kier molecular flexibility index (Phi) is 2.45. The van der Waals surface area contributed by atoms with E-state index in [-0.39, 0.29) is 0 Å². The van der Waals surface area contributed by atoms with Gasteiger partial charge in [-0.2, -0.15) is 0 Å². The second kappa shape index (κ2) is 3.40. The predicted molar refractivity (Wildman–Crippen MR) is 41.9 cm³/mol. The number of nitro groups is 1. The van der Waals surface area contributed by atoms with Gasteiger partial charge in [-0.3, -0.25) is 0 Å². The molecule has 0 unspecified atom stereocenters. The molecule has 1 aromatic rings. The first-order valence-corrected chi connectivity index (χ1v) is 3.35. The Balaban J connectivity index is 3.40. The molecule has 0 spiro atoms. The van der Waals surface area contributed by atoms with Gasteiger partial charge < -0.3 is 21.0 Å². The number of nitrogens with zero attached hydrogens (tertiary/aromatic N) is 2. The van der Waals surface area contributed by atoms with Crippen LogP contribution in [0.3, 0.4) is 0 Å². The third-order valence-electron chi connectivity index (χ3n) is 1.43. The molecular weight excluding hydrogens is 200 g/mol. The monoisotopic (exact) mass is 205 g/mol. The molecule has 0 fully saturated rings. The Hall–Kier alpha value is -1.99. The summed E-state index contributed by atoms with van der Waals surface area (Å²) in [7, 11) is 0. The Bertz CT molecular complexity index is 383. The van der Waals surface area contributed by atoms with Gasteiger partial charge in [0.2, 0.25) is 11.6 Å². The highest BCUT2D eigenvalue weighted by atomic mass is 19.3. The largest absolute Gasteiger partial charge is 0.501 e. The van der Waals surface area contributed by atoms with Gasteiger partial charge in [0.1, 0.15) is 0 Å².